The number of hydrogen-bond donors (Lipinski definition) is 0. The van der Waals surface area contributed by atoms with E-state index in [4.69, 9.17) is 73.2 Å². The summed E-state index contributed by atoms with van der Waals surface area (Å²) < 4.78 is 117. The van der Waals surface area contributed by atoms with Gasteiger partial charge >= 0.3 is 0 Å². The molecule has 12 aromatic carbocycles. The van der Waals surface area contributed by atoms with E-state index in [0.29, 0.717) is 134 Å². The lowest BCUT2D eigenvalue weighted by Crippen LogP contribution is -2.08. The molecule has 724 valence electrons. The van der Waals surface area contributed by atoms with Crippen LogP contribution in [0.1, 0.15) is 210 Å². The van der Waals surface area contributed by atoms with Crippen molar-refractivity contribution in [3.63, 3.8) is 0 Å². The molecule has 1 saturated carbocycles. The van der Waals surface area contributed by atoms with Crippen molar-refractivity contribution >= 4 is 63.0 Å². The van der Waals surface area contributed by atoms with E-state index in [1.165, 1.54) is 42.5 Å². The van der Waals surface area contributed by atoms with Crippen LogP contribution < -0.4 is 28.4 Å². The van der Waals surface area contributed by atoms with E-state index in [1.54, 1.807) is 164 Å². The molecule has 1 fully saturated rings. The van der Waals surface area contributed by atoms with Gasteiger partial charge < -0.3 is 28.4 Å². The van der Waals surface area contributed by atoms with Gasteiger partial charge in [-0.2, -0.15) is 0 Å². The molecule has 141 heavy (non-hydrogen) atoms. The van der Waals surface area contributed by atoms with Crippen molar-refractivity contribution in [2.45, 2.75) is 169 Å². The third-order valence-corrected chi connectivity index (χ3v) is 23.2. The van der Waals surface area contributed by atoms with Gasteiger partial charge in [0.2, 0.25) is 35.4 Å². The minimum atomic E-state index is -0.750. The van der Waals surface area contributed by atoms with E-state index >= 15 is 0 Å². The number of benzene rings is 12. The van der Waals surface area contributed by atoms with Crippen molar-refractivity contribution in [2.75, 3.05) is 0 Å². The highest BCUT2D eigenvalue weighted by Gasteiger charge is 2.29. The third-order valence-electron chi connectivity index (χ3n) is 22.1. The number of carbonyl (C=O) groups excluding carboxylic acids is 6. The van der Waals surface area contributed by atoms with E-state index in [2.05, 4.69) is 76.1 Å². The second-order valence-corrected chi connectivity index (χ2v) is 33.3. The van der Waals surface area contributed by atoms with Gasteiger partial charge in [-0.3, -0.25) is 28.8 Å². The Morgan fingerprint density at radius 2 is 0.525 bits per heavy atom. The Labute approximate surface area is 820 Å². The van der Waals surface area contributed by atoms with Crippen molar-refractivity contribution < 1.29 is 83.5 Å². The summed E-state index contributed by atoms with van der Waals surface area (Å²) >= 11 is 9.44. The Kier molecular flexibility index (Phi) is 41.2. The maximum Gasteiger partial charge on any atom is 0.249 e. The van der Waals surface area contributed by atoms with Gasteiger partial charge in [0.05, 0.1) is 0 Å². The van der Waals surface area contributed by atoms with Crippen molar-refractivity contribution in [2.24, 2.45) is 30.7 Å². The Morgan fingerprint density at radius 1 is 0.298 bits per heavy atom. The summed E-state index contributed by atoms with van der Waals surface area (Å²) in [7, 11) is 0. The van der Waals surface area contributed by atoms with Crippen LogP contribution in [0.15, 0.2) is 217 Å². The van der Waals surface area contributed by atoms with Crippen molar-refractivity contribution in [3.05, 3.63) is 445 Å². The lowest BCUT2D eigenvalue weighted by molar-refractivity contribution is 0.0989. The molecule has 0 radical (unpaired) electrons. The van der Waals surface area contributed by atoms with E-state index in [0.717, 1.165) is 68.5 Å². The first-order valence-electron chi connectivity index (χ1n) is 43.1. The summed E-state index contributed by atoms with van der Waals surface area (Å²) in [5.74, 6) is -3.32. The van der Waals surface area contributed by atoms with Gasteiger partial charge in [-0.15, -0.1) is 0 Å². The topological polar surface area (TPSA) is 450 Å². The summed E-state index contributed by atoms with van der Waals surface area (Å²) in [6, 6.07) is 48.6. The predicted octanol–water partition coefficient (Wildman–Crippen LogP) is 30.3. The second kappa shape index (κ2) is 52.8. The van der Waals surface area contributed by atoms with Gasteiger partial charge in [0, 0.05) is 142 Å². The molecule has 1 aliphatic rings. The van der Waals surface area contributed by atoms with Crippen molar-refractivity contribution in [1.29, 1.82) is 0 Å². The van der Waals surface area contributed by atoms with Gasteiger partial charge in [0.15, 0.2) is 0 Å². The van der Waals surface area contributed by atoms with Crippen LogP contribution in [0.25, 0.3) is 62.7 Å². The highest BCUT2D eigenvalue weighted by molar-refractivity contribution is 9.10. The quantitative estimate of drug-likeness (QED) is 0.0211. The minimum absolute atomic E-state index is 0.0345. The Morgan fingerprint density at radius 3 is 0.816 bits per heavy atom. The van der Waals surface area contributed by atoms with Crippen LogP contribution >= 0.6 is 27.5 Å². The fraction of sp³-hybridized carbons (Fsp3) is 0.243. The van der Waals surface area contributed by atoms with Crippen LogP contribution in [0.5, 0.6) is 34.5 Å². The Hall–Kier alpha value is -16.3. The lowest BCUT2D eigenvalue weighted by Gasteiger charge is -2.15. The van der Waals surface area contributed by atoms with Gasteiger partial charge in [-0.25, -0.2) is 26.3 Å². The van der Waals surface area contributed by atoms with Gasteiger partial charge in [-0.05, 0) is 324 Å². The maximum absolute atomic E-state index is 13.8. The number of amides is 6. The molecule has 0 atom stereocenters. The standard InChI is InChI=1S/C19H18FN3O2.C18H18FN3O2.2C17H16FN3O2.C16H13BrFN3O2.C16H13ClFN3O2/c1-11-8-12(2)18(9-17(11)20)25-10-16-14(13-6-7-13)4-3-5-15(16)19(24)22-23-21;1-4-13-6-5-7-14(18(23)21-22-20)15(13)10-24-17-9-16(19)11(2)8-12(17)3;2*1-10-5-4-6-13(17(22)20-21-19)14(10)9-23-16-8-15(18)11(2)7-12(16)3;2*1-9-6-10(2)15(7-14(9)18)23-8-12-11(16(22)20-21-19)4-3-5-13(12)17/h3-5,8-9,13H,6-7,10H2,1-2H3;5-9H,4,10H2,1-3H3;2*4-8H,9H2,1-3H3;2*3-7H,8H2,1-2H3. The SMILES string of the molecule is CCc1cccc(C(=O)N=[N+]=[N-])c1COc1cc(F)c(C)cc1C.Cc1cc(C)c(OCc2c(Br)cccc2C(=O)N=[N+]=[N-])cc1F.Cc1cc(C)c(OCc2c(C(=O)N=[N+]=[N-])cccc2C2CC2)cc1F.Cc1cc(C)c(OCc2c(C)cccc2C(=O)N=[N+]=[N-])cc1F.Cc1cc(C)c(OCc2c(C)cccc2C(=O)N=[N+]=[N-])cc1F.Cc1cc(C)c(OCc2c(Cl)cccc2C(=O)N=[N+]=[N-])cc1F. The molecule has 0 heterocycles. The zero-order valence-electron chi connectivity index (χ0n) is 79.2. The van der Waals surface area contributed by atoms with Gasteiger partial charge in [0.1, 0.15) is 109 Å². The number of carbonyl (C=O) groups is 6. The van der Waals surface area contributed by atoms with Crippen LogP contribution in [0.3, 0.4) is 0 Å². The predicted molar refractivity (Wildman–Crippen MR) is 524 cm³/mol. The van der Waals surface area contributed by atoms with Crippen LogP contribution in [0, 0.1) is 132 Å². The summed E-state index contributed by atoms with van der Waals surface area (Å²) in [5, 5.41) is 19.1. The molecule has 0 N–H and O–H groups in total. The van der Waals surface area contributed by atoms with Gasteiger partial charge in [0.25, 0.3) is 0 Å². The van der Waals surface area contributed by atoms with Crippen LogP contribution in [0.4, 0.5) is 26.3 Å². The third kappa shape index (κ3) is 30.6. The smallest absolute Gasteiger partial charge is 0.249 e. The van der Waals surface area contributed by atoms with E-state index in [-0.39, 0.29) is 96.8 Å². The van der Waals surface area contributed by atoms with Crippen LogP contribution in [0.2, 0.25) is 5.02 Å². The average Bonchev–Trinajstić information content (AvgIpc) is 1.68. The van der Waals surface area contributed by atoms with E-state index in [9.17, 15) is 55.1 Å². The lowest BCUT2D eigenvalue weighted by atomic mass is 9.98. The van der Waals surface area contributed by atoms with E-state index < -0.39 is 35.4 Å². The zero-order chi connectivity index (χ0) is 104. The molecule has 1 aliphatic carbocycles. The molecule has 6 amide bonds. The largest absolute Gasteiger partial charge is 0.488 e. The molecule has 30 nitrogen and oxygen atoms in total. The van der Waals surface area contributed by atoms with E-state index in [1.807, 2.05) is 79.7 Å². The number of nitrogens with zero attached hydrogens (tertiary/aromatic N) is 18. The molecule has 0 saturated heterocycles. The molecular weight excluding hydrogens is 1910 g/mol. The number of rotatable bonds is 26. The monoisotopic (exact) mass is 2000 g/mol. The van der Waals surface area contributed by atoms with Crippen molar-refractivity contribution in [1.82, 2.24) is 0 Å². The number of aryl methyl sites for hydroxylation is 15. The van der Waals surface area contributed by atoms with Crippen molar-refractivity contribution in [3.8, 4) is 34.5 Å². The highest BCUT2D eigenvalue weighted by atomic mass is 79.9. The fourth-order valence-electron chi connectivity index (χ4n) is 14.3. The molecule has 0 unspecified atom stereocenters. The average molecular weight is 2010 g/mol. The number of azide groups is 6. The maximum atomic E-state index is 13.8. The molecule has 38 heteroatoms. The normalized spacial score (nSPS) is 10.7. The minimum Gasteiger partial charge on any atom is -0.488 e. The molecule has 0 aliphatic heterocycles. The first kappa shape index (κ1) is 110. The summed E-state index contributed by atoms with van der Waals surface area (Å²) in [6.45, 7) is 27.0. The molecule has 0 spiro atoms. The summed E-state index contributed by atoms with van der Waals surface area (Å²) in [5.41, 5.74) is 67.4. The van der Waals surface area contributed by atoms with Crippen LogP contribution in [-0.4, -0.2) is 35.4 Å². The molecular formula is C103H94BrClF6N18O12. The highest BCUT2D eigenvalue weighted by Crippen LogP contribution is 2.43. The first-order valence-corrected chi connectivity index (χ1v) is 44.3. The number of ether oxygens (including phenoxy) is 6. The molecule has 12 aromatic rings. The summed E-state index contributed by atoms with van der Waals surface area (Å²) in [4.78, 5) is 86.6. The fourth-order valence-corrected chi connectivity index (χ4v) is 15.0. The molecule has 0 bridgehead atoms. The summed E-state index contributed by atoms with van der Waals surface area (Å²) in [6.07, 6.45) is 2.81. The number of hydrogen-bond acceptors (Lipinski definition) is 12. The molecule has 13 rings (SSSR count). The molecule has 0 aromatic heterocycles. The first-order chi connectivity index (χ1) is 67.2. The second-order valence-electron chi connectivity index (χ2n) is 32.1. The van der Waals surface area contributed by atoms with Crippen LogP contribution in [-0.2, 0) is 46.1 Å². The number of halogens is 8. The Bertz CT molecular complexity index is 6580. The zero-order valence-corrected chi connectivity index (χ0v) is 81.6. The Balaban J connectivity index is 0.000000207. The van der Waals surface area contributed by atoms with Gasteiger partial charge in [-0.1, -0.05) is 132 Å².